The summed E-state index contributed by atoms with van der Waals surface area (Å²) in [4.78, 5) is 30.0. The molecule has 1 fully saturated rings. The first-order valence-corrected chi connectivity index (χ1v) is 10.9. The Morgan fingerprint density at radius 3 is 2.55 bits per heavy atom. The molecule has 0 radical (unpaired) electrons. The third kappa shape index (κ3) is 6.02. The van der Waals surface area contributed by atoms with Crippen molar-refractivity contribution in [3.63, 3.8) is 0 Å². The lowest BCUT2D eigenvalue weighted by Crippen LogP contribution is -2.48. The third-order valence-electron chi connectivity index (χ3n) is 4.92. The molecule has 1 aromatic heterocycles. The summed E-state index contributed by atoms with van der Waals surface area (Å²) in [5.74, 6) is -0.533. The van der Waals surface area contributed by atoms with Crippen molar-refractivity contribution in [1.82, 2.24) is 9.80 Å². The van der Waals surface area contributed by atoms with E-state index in [1.807, 2.05) is 25.1 Å². The zero-order valence-electron chi connectivity index (χ0n) is 16.7. The molecule has 8 heteroatoms. The van der Waals surface area contributed by atoms with E-state index in [0.29, 0.717) is 17.1 Å². The van der Waals surface area contributed by atoms with Crippen molar-refractivity contribution in [2.75, 3.05) is 45.2 Å². The van der Waals surface area contributed by atoms with Crippen LogP contribution in [0.1, 0.15) is 27.7 Å². The molecule has 2 aromatic rings. The molecule has 1 aliphatic heterocycles. The molecular weight excluding hydrogens is 410 g/mol. The lowest BCUT2D eigenvalue weighted by atomic mass is 10.2. The number of halogens is 1. The number of thiophene rings is 1. The minimum absolute atomic E-state index is 0.108. The molecule has 0 atom stereocenters. The summed E-state index contributed by atoms with van der Waals surface area (Å²) >= 11 is 7.49. The van der Waals surface area contributed by atoms with E-state index < -0.39 is 5.97 Å². The van der Waals surface area contributed by atoms with Crippen molar-refractivity contribution >= 4 is 39.8 Å². The first-order chi connectivity index (χ1) is 14.0. The second kappa shape index (κ2) is 10.2. The SMILES string of the molecule is CCc1cc(C(=O)OC)c(NC(=O)CN2CCN(Cc3cccc(Cl)c3)CC2)s1. The minimum atomic E-state index is -0.425. The molecule has 0 aliphatic carbocycles. The summed E-state index contributed by atoms with van der Waals surface area (Å²) in [6.07, 6.45) is 0.805. The highest BCUT2D eigenvalue weighted by atomic mass is 35.5. The van der Waals surface area contributed by atoms with E-state index in [1.54, 1.807) is 6.07 Å². The molecular formula is C21H26ClN3O3S. The monoisotopic (exact) mass is 435 g/mol. The number of piperazine rings is 1. The van der Waals surface area contributed by atoms with E-state index in [4.69, 9.17) is 16.3 Å². The van der Waals surface area contributed by atoms with Crippen LogP contribution in [0.3, 0.4) is 0 Å². The molecule has 2 heterocycles. The fraction of sp³-hybridized carbons (Fsp3) is 0.429. The standard InChI is InChI=1S/C21H26ClN3O3S/c1-3-17-12-18(21(27)28-2)20(29-17)23-19(26)14-25-9-7-24(8-10-25)13-15-5-4-6-16(22)11-15/h4-6,11-12H,3,7-10,13-14H2,1-2H3,(H,23,26). The van der Waals surface area contributed by atoms with Crippen LogP contribution in [0.25, 0.3) is 0 Å². The van der Waals surface area contributed by atoms with E-state index in [-0.39, 0.29) is 5.91 Å². The molecule has 1 saturated heterocycles. The smallest absolute Gasteiger partial charge is 0.340 e. The molecule has 1 amide bonds. The minimum Gasteiger partial charge on any atom is -0.465 e. The van der Waals surface area contributed by atoms with Gasteiger partial charge in [0, 0.05) is 42.6 Å². The van der Waals surface area contributed by atoms with Crippen LogP contribution in [0.5, 0.6) is 0 Å². The van der Waals surface area contributed by atoms with Gasteiger partial charge in [-0.3, -0.25) is 14.6 Å². The van der Waals surface area contributed by atoms with Crippen molar-refractivity contribution < 1.29 is 14.3 Å². The number of carbonyl (C=O) groups excluding carboxylic acids is 2. The molecule has 0 spiro atoms. The maximum atomic E-state index is 12.5. The van der Waals surface area contributed by atoms with Gasteiger partial charge in [-0.15, -0.1) is 11.3 Å². The topological polar surface area (TPSA) is 61.9 Å². The van der Waals surface area contributed by atoms with Crippen LogP contribution >= 0.6 is 22.9 Å². The average Bonchev–Trinajstić information content (AvgIpc) is 3.11. The first-order valence-electron chi connectivity index (χ1n) is 9.68. The van der Waals surface area contributed by atoms with Crippen LogP contribution in [0, 0.1) is 0 Å². The Morgan fingerprint density at radius 1 is 1.17 bits per heavy atom. The zero-order valence-corrected chi connectivity index (χ0v) is 18.3. The van der Waals surface area contributed by atoms with E-state index in [0.717, 1.165) is 49.0 Å². The Bertz CT molecular complexity index is 863. The van der Waals surface area contributed by atoms with Gasteiger partial charge in [0.25, 0.3) is 0 Å². The summed E-state index contributed by atoms with van der Waals surface area (Å²) in [7, 11) is 1.35. The number of amides is 1. The van der Waals surface area contributed by atoms with Gasteiger partial charge in [0.2, 0.25) is 5.91 Å². The van der Waals surface area contributed by atoms with Crippen LogP contribution in [0.4, 0.5) is 5.00 Å². The van der Waals surface area contributed by atoms with Gasteiger partial charge >= 0.3 is 5.97 Å². The Kier molecular flexibility index (Phi) is 7.66. The lowest BCUT2D eigenvalue weighted by molar-refractivity contribution is -0.117. The van der Waals surface area contributed by atoms with Gasteiger partial charge in [-0.2, -0.15) is 0 Å². The van der Waals surface area contributed by atoms with E-state index in [9.17, 15) is 9.59 Å². The van der Waals surface area contributed by atoms with E-state index >= 15 is 0 Å². The Labute approximate surface area is 180 Å². The molecule has 0 unspecified atom stereocenters. The number of benzene rings is 1. The number of aryl methyl sites for hydroxylation is 1. The van der Waals surface area contributed by atoms with Gasteiger partial charge < -0.3 is 10.1 Å². The van der Waals surface area contributed by atoms with Crippen molar-refractivity contribution in [2.24, 2.45) is 0 Å². The number of esters is 1. The zero-order chi connectivity index (χ0) is 20.8. The van der Waals surface area contributed by atoms with Crippen LogP contribution in [0.15, 0.2) is 30.3 Å². The van der Waals surface area contributed by atoms with Crippen molar-refractivity contribution in [3.05, 3.63) is 51.4 Å². The summed E-state index contributed by atoms with van der Waals surface area (Å²) in [5.41, 5.74) is 1.62. The number of hydrogen-bond acceptors (Lipinski definition) is 6. The Morgan fingerprint density at radius 2 is 1.90 bits per heavy atom. The normalized spacial score (nSPS) is 15.3. The third-order valence-corrected chi connectivity index (χ3v) is 6.35. The van der Waals surface area contributed by atoms with Gasteiger partial charge in [-0.05, 0) is 30.2 Å². The molecule has 0 bridgehead atoms. The van der Waals surface area contributed by atoms with Gasteiger partial charge in [0.1, 0.15) is 5.00 Å². The number of nitrogens with one attached hydrogen (secondary N) is 1. The highest BCUT2D eigenvalue weighted by Gasteiger charge is 2.22. The fourth-order valence-electron chi connectivity index (χ4n) is 3.34. The number of rotatable bonds is 7. The molecule has 1 N–H and O–H groups in total. The van der Waals surface area contributed by atoms with Gasteiger partial charge in [-0.25, -0.2) is 4.79 Å². The number of nitrogens with zero attached hydrogens (tertiary/aromatic N) is 2. The van der Waals surface area contributed by atoms with Crippen molar-refractivity contribution in [3.8, 4) is 0 Å². The van der Waals surface area contributed by atoms with Gasteiger partial charge in [0.05, 0.1) is 19.2 Å². The summed E-state index contributed by atoms with van der Waals surface area (Å²) in [6.45, 7) is 6.62. The second-order valence-corrected chi connectivity index (χ2v) is 8.60. The lowest BCUT2D eigenvalue weighted by Gasteiger charge is -2.34. The second-order valence-electron chi connectivity index (χ2n) is 7.03. The van der Waals surface area contributed by atoms with Crippen LogP contribution in [-0.2, 0) is 22.5 Å². The molecule has 156 valence electrons. The number of anilines is 1. The summed E-state index contributed by atoms with van der Waals surface area (Å²) in [6, 6.07) is 9.71. The van der Waals surface area contributed by atoms with Crippen LogP contribution < -0.4 is 5.32 Å². The molecule has 29 heavy (non-hydrogen) atoms. The molecule has 3 rings (SSSR count). The average molecular weight is 436 g/mol. The Balaban J connectivity index is 1.50. The predicted octanol–water partition coefficient (Wildman–Crippen LogP) is 3.51. The van der Waals surface area contributed by atoms with Crippen molar-refractivity contribution in [1.29, 1.82) is 0 Å². The van der Waals surface area contributed by atoms with E-state index in [2.05, 4.69) is 21.2 Å². The first kappa shape index (κ1) is 21.8. The van der Waals surface area contributed by atoms with Crippen molar-refractivity contribution in [2.45, 2.75) is 19.9 Å². The maximum absolute atomic E-state index is 12.5. The number of methoxy groups -OCH3 is 1. The van der Waals surface area contributed by atoms with E-state index in [1.165, 1.54) is 24.0 Å². The molecule has 6 nitrogen and oxygen atoms in total. The fourth-order valence-corrected chi connectivity index (χ4v) is 4.55. The van der Waals surface area contributed by atoms with Crippen LogP contribution in [-0.4, -0.2) is 61.5 Å². The van der Waals surface area contributed by atoms with Gasteiger partial charge in [0.15, 0.2) is 0 Å². The number of hydrogen-bond donors (Lipinski definition) is 1. The number of ether oxygens (including phenoxy) is 1. The highest BCUT2D eigenvalue weighted by molar-refractivity contribution is 7.16. The maximum Gasteiger partial charge on any atom is 0.340 e. The largest absolute Gasteiger partial charge is 0.465 e. The summed E-state index contributed by atoms with van der Waals surface area (Å²) in [5, 5.41) is 4.22. The quantitative estimate of drug-likeness (QED) is 0.674. The molecule has 1 aromatic carbocycles. The molecule has 0 saturated carbocycles. The van der Waals surface area contributed by atoms with Gasteiger partial charge in [-0.1, -0.05) is 30.7 Å². The van der Waals surface area contributed by atoms with Crippen LogP contribution in [0.2, 0.25) is 5.02 Å². The summed E-state index contributed by atoms with van der Waals surface area (Å²) < 4.78 is 4.83. The molecule has 1 aliphatic rings. The highest BCUT2D eigenvalue weighted by Crippen LogP contribution is 2.29. The number of carbonyl (C=O) groups is 2. The predicted molar refractivity (Wildman–Crippen MR) is 117 cm³/mol. The Hall–Kier alpha value is -1.93.